The van der Waals surface area contributed by atoms with Gasteiger partial charge in [-0.2, -0.15) is 5.10 Å². The Balaban J connectivity index is 1.35. The third kappa shape index (κ3) is 1.55. The van der Waals surface area contributed by atoms with Crippen molar-refractivity contribution in [3.05, 3.63) is 38.4 Å². The summed E-state index contributed by atoms with van der Waals surface area (Å²) >= 11 is 2.65. The van der Waals surface area contributed by atoms with Crippen LogP contribution in [0, 0.1) is 67.6 Å². The first-order valence-electron chi connectivity index (χ1n) is 8.89. The van der Waals surface area contributed by atoms with Gasteiger partial charge < -0.3 is 0 Å². The Hall–Kier alpha value is -1.78. The molecule has 6 aliphatic carbocycles. The number of rotatable bonds is 4. The maximum absolute atomic E-state index is 11.3. The zero-order chi connectivity index (χ0) is 17.9. The van der Waals surface area contributed by atoms with Crippen LogP contribution in [0.15, 0.2) is 23.3 Å². The van der Waals surface area contributed by atoms with Gasteiger partial charge in [-0.15, -0.1) is 0 Å². The molecule has 1 aromatic rings. The fourth-order valence-corrected chi connectivity index (χ4v) is 9.32. The van der Waals surface area contributed by atoms with E-state index in [2.05, 4.69) is 33.1 Å². The number of nitro groups is 2. The highest BCUT2D eigenvalue weighted by Gasteiger charge is 2.82. The van der Waals surface area contributed by atoms with Crippen LogP contribution in [0.4, 0.5) is 17.1 Å². The van der Waals surface area contributed by atoms with Crippen LogP contribution in [0.5, 0.6) is 0 Å². The summed E-state index contributed by atoms with van der Waals surface area (Å²) in [5.74, 6) is 5.89. The normalized spacial score (nSPS) is 46.8. The van der Waals surface area contributed by atoms with Gasteiger partial charge in [-0.05, 0) is 48.0 Å². The standard InChI is InChI=1S/C17H15IN4O4/c18-16-12-6-4-7-10(12)15-14(16)11(6)13(7)17(15)20-19-8-2-1-5(21(23)24)3-9(8)22(25)26/h1-3,6-7,10-16,19H,4H2/b20-17+/t6-,7-,10-,11-,12-,13+,14+,15-,16+/m0/s1. The van der Waals surface area contributed by atoms with E-state index in [1.54, 1.807) is 0 Å². The molecule has 6 saturated carbocycles. The second-order valence-corrected chi connectivity index (χ2v) is 9.67. The Kier molecular flexibility index (Phi) is 2.78. The van der Waals surface area contributed by atoms with Crippen molar-refractivity contribution in [2.24, 2.45) is 52.4 Å². The molecule has 0 aliphatic heterocycles. The number of halogens is 1. The van der Waals surface area contributed by atoms with Crippen molar-refractivity contribution in [1.29, 1.82) is 0 Å². The van der Waals surface area contributed by atoms with Crippen molar-refractivity contribution < 1.29 is 9.85 Å². The number of benzene rings is 1. The lowest BCUT2D eigenvalue weighted by Gasteiger charge is -2.32. The van der Waals surface area contributed by atoms with E-state index in [0.29, 0.717) is 11.8 Å². The van der Waals surface area contributed by atoms with Crippen LogP contribution in [0.25, 0.3) is 0 Å². The fourth-order valence-electron chi connectivity index (χ4n) is 7.38. The van der Waals surface area contributed by atoms with E-state index in [0.717, 1.165) is 45.5 Å². The number of nitrogens with one attached hydrogen (secondary N) is 1. The van der Waals surface area contributed by atoms with Gasteiger partial charge in [0.05, 0.1) is 15.9 Å². The van der Waals surface area contributed by atoms with Crippen molar-refractivity contribution in [1.82, 2.24) is 0 Å². The maximum atomic E-state index is 11.3. The molecule has 0 spiro atoms. The van der Waals surface area contributed by atoms with Crippen LogP contribution >= 0.6 is 22.6 Å². The molecule has 26 heavy (non-hydrogen) atoms. The molecule has 8 nitrogen and oxygen atoms in total. The topological polar surface area (TPSA) is 111 Å². The van der Waals surface area contributed by atoms with Crippen molar-refractivity contribution in [2.45, 2.75) is 10.3 Å². The molecule has 1 N–H and O–H groups in total. The van der Waals surface area contributed by atoms with Crippen LogP contribution in [0.3, 0.4) is 0 Å². The highest BCUT2D eigenvalue weighted by atomic mass is 127. The van der Waals surface area contributed by atoms with Gasteiger partial charge in [0, 0.05) is 27.5 Å². The van der Waals surface area contributed by atoms with Gasteiger partial charge in [0.25, 0.3) is 5.69 Å². The van der Waals surface area contributed by atoms with Gasteiger partial charge in [-0.1, -0.05) is 22.6 Å². The molecule has 0 saturated heterocycles. The van der Waals surface area contributed by atoms with E-state index in [9.17, 15) is 20.2 Å². The highest BCUT2D eigenvalue weighted by molar-refractivity contribution is 14.1. The van der Waals surface area contributed by atoms with Crippen LogP contribution in [-0.4, -0.2) is 19.5 Å². The summed E-state index contributed by atoms with van der Waals surface area (Å²) < 4.78 is 0.758. The minimum Gasteiger partial charge on any atom is -0.272 e. The van der Waals surface area contributed by atoms with Crippen LogP contribution in [0.1, 0.15) is 6.42 Å². The van der Waals surface area contributed by atoms with Crippen LogP contribution < -0.4 is 5.43 Å². The Bertz CT molecular complexity index is 918. The quantitative estimate of drug-likeness (QED) is 0.316. The molecule has 9 heteroatoms. The number of anilines is 1. The first-order valence-corrected chi connectivity index (χ1v) is 10.1. The Morgan fingerprint density at radius 1 is 1.04 bits per heavy atom. The van der Waals surface area contributed by atoms with E-state index in [1.165, 1.54) is 24.3 Å². The average molecular weight is 466 g/mol. The van der Waals surface area contributed by atoms with Gasteiger partial charge >= 0.3 is 5.69 Å². The van der Waals surface area contributed by atoms with Gasteiger partial charge in [0.1, 0.15) is 5.69 Å². The van der Waals surface area contributed by atoms with E-state index in [4.69, 9.17) is 0 Å². The SMILES string of the molecule is O=[N+]([O-])c1ccc(N/N=C2\[C@@H]3[C@H]4C[C@@H]5[C@@H]6[C@@H](I)[C@@H]([C@@H]2[C@@H]46)[C@@H]53)c([N+](=O)[O-])c1. The summed E-state index contributed by atoms with van der Waals surface area (Å²) in [5, 5.41) is 26.8. The highest BCUT2D eigenvalue weighted by Crippen LogP contribution is 2.82. The summed E-state index contributed by atoms with van der Waals surface area (Å²) in [6, 6.07) is 3.65. The average Bonchev–Trinajstić information content (AvgIpc) is 3.35. The lowest BCUT2D eigenvalue weighted by atomic mass is 9.71. The van der Waals surface area contributed by atoms with Crippen LogP contribution in [-0.2, 0) is 0 Å². The molecule has 7 rings (SSSR count). The lowest BCUT2D eigenvalue weighted by Crippen LogP contribution is -2.30. The molecular formula is C17H15IN4O4. The molecule has 0 radical (unpaired) electrons. The molecule has 0 unspecified atom stereocenters. The molecule has 0 aromatic heterocycles. The summed E-state index contributed by atoms with van der Waals surface area (Å²) in [7, 11) is 0. The molecular weight excluding hydrogens is 451 g/mol. The minimum absolute atomic E-state index is 0.220. The molecule has 0 amide bonds. The fraction of sp³-hybridized carbons (Fsp3) is 0.588. The second kappa shape index (κ2) is 4.73. The predicted molar refractivity (Wildman–Crippen MR) is 101 cm³/mol. The molecule has 6 fully saturated rings. The number of hydrazone groups is 1. The second-order valence-electron chi connectivity index (χ2n) is 8.23. The van der Waals surface area contributed by atoms with Gasteiger partial charge in [0.15, 0.2) is 0 Å². The van der Waals surface area contributed by atoms with Crippen molar-refractivity contribution in [3.63, 3.8) is 0 Å². The summed E-state index contributed by atoms with van der Waals surface area (Å²) in [6.45, 7) is 0. The zero-order valence-corrected chi connectivity index (χ0v) is 15.6. The summed E-state index contributed by atoms with van der Waals surface area (Å²) in [5.41, 5.74) is 3.72. The number of nitro benzene ring substituents is 2. The van der Waals surface area contributed by atoms with Crippen LogP contribution in [0.2, 0.25) is 0 Å². The molecule has 9 atom stereocenters. The Labute approximate surface area is 161 Å². The third-order valence-electron chi connectivity index (χ3n) is 7.73. The van der Waals surface area contributed by atoms with Gasteiger partial charge in [-0.3, -0.25) is 25.7 Å². The first-order chi connectivity index (χ1) is 12.5. The molecule has 1 aromatic carbocycles. The smallest absolute Gasteiger partial charge is 0.272 e. The van der Waals surface area contributed by atoms with Gasteiger partial charge in [-0.25, -0.2) is 0 Å². The summed E-state index contributed by atoms with van der Waals surface area (Å²) in [4.78, 5) is 20.9. The van der Waals surface area contributed by atoms with E-state index < -0.39 is 9.85 Å². The predicted octanol–water partition coefficient (Wildman–Crippen LogP) is 3.46. The summed E-state index contributed by atoms with van der Waals surface area (Å²) in [6.07, 6.45) is 1.34. The zero-order valence-electron chi connectivity index (χ0n) is 13.5. The number of nitrogens with zero attached hydrogens (tertiary/aromatic N) is 3. The number of hydrogen-bond donors (Lipinski definition) is 1. The van der Waals surface area contributed by atoms with Crippen molar-refractivity contribution >= 4 is 45.4 Å². The first kappa shape index (κ1) is 15.3. The minimum atomic E-state index is -0.626. The molecule has 0 heterocycles. The van der Waals surface area contributed by atoms with E-state index >= 15 is 0 Å². The maximum Gasteiger partial charge on any atom is 0.301 e. The largest absolute Gasteiger partial charge is 0.301 e. The Morgan fingerprint density at radius 3 is 2.50 bits per heavy atom. The molecule has 6 bridgehead atoms. The van der Waals surface area contributed by atoms with Gasteiger partial charge in [0.2, 0.25) is 0 Å². The third-order valence-corrected chi connectivity index (χ3v) is 9.40. The molecule has 6 aliphatic rings. The van der Waals surface area contributed by atoms with E-state index in [-0.39, 0.29) is 17.1 Å². The lowest BCUT2D eigenvalue weighted by molar-refractivity contribution is -0.393. The van der Waals surface area contributed by atoms with E-state index in [1.807, 2.05) is 0 Å². The number of alkyl halides is 1. The molecule has 134 valence electrons. The number of non-ortho nitro benzene ring substituents is 1. The monoisotopic (exact) mass is 466 g/mol. The Morgan fingerprint density at radius 2 is 1.81 bits per heavy atom. The number of hydrogen-bond acceptors (Lipinski definition) is 6. The van der Waals surface area contributed by atoms with Crippen molar-refractivity contribution in [2.75, 3.05) is 5.43 Å². The van der Waals surface area contributed by atoms with Crippen molar-refractivity contribution in [3.8, 4) is 0 Å².